The van der Waals surface area contributed by atoms with Crippen LogP contribution < -0.4 is 0 Å². The highest BCUT2D eigenvalue weighted by Crippen LogP contribution is 2.60. The van der Waals surface area contributed by atoms with Crippen LogP contribution in [0.4, 0.5) is 0 Å². The van der Waals surface area contributed by atoms with Crippen molar-refractivity contribution in [1.29, 1.82) is 10.5 Å². The molecule has 3 aliphatic carbocycles. The average molecular weight is 473 g/mol. The lowest BCUT2D eigenvalue weighted by Crippen LogP contribution is -2.30. The first-order valence-electron chi connectivity index (χ1n) is 12.4. The molecule has 8 unspecified atom stereocenters. The van der Waals surface area contributed by atoms with E-state index in [4.69, 9.17) is 14.6 Å². The molecule has 8 atom stereocenters. The van der Waals surface area contributed by atoms with Crippen LogP contribution in [-0.2, 0) is 19.1 Å². The van der Waals surface area contributed by atoms with E-state index in [9.17, 15) is 20.1 Å². The van der Waals surface area contributed by atoms with Gasteiger partial charge in [-0.2, -0.15) is 20.8 Å². The molecule has 0 aliphatic heterocycles. The van der Waals surface area contributed by atoms with E-state index < -0.39 is 29.3 Å². The van der Waals surface area contributed by atoms with Crippen LogP contribution in [0.2, 0.25) is 0 Å². The maximum Gasteiger partial charge on any atom is 0.308 e. The van der Waals surface area contributed by atoms with Crippen molar-refractivity contribution in [2.24, 2.45) is 39.8 Å². The van der Waals surface area contributed by atoms with Gasteiger partial charge in [0.1, 0.15) is 0 Å². The number of nitrogens with zero attached hydrogens (tertiary/aromatic N) is 4. The quantitative estimate of drug-likeness (QED) is 0.248. The fraction of sp³-hybridized carbons (Fsp3) is 0.840. The summed E-state index contributed by atoms with van der Waals surface area (Å²) in [5, 5.41) is 35.6. The summed E-state index contributed by atoms with van der Waals surface area (Å²) in [5.41, 5.74) is -2.68. The minimum Gasteiger partial charge on any atom is -0.481 e. The number of hydrogen-bond acceptors (Lipinski definition) is 8. The van der Waals surface area contributed by atoms with Gasteiger partial charge >= 0.3 is 11.9 Å². The number of hydrogen-bond donors (Lipinski definition) is 1. The lowest BCUT2D eigenvalue weighted by Gasteiger charge is -2.32. The Kier molecular flexibility index (Phi) is 8.30. The van der Waals surface area contributed by atoms with Crippen molar-refractivity contribution in [3.63, 3.8) is 0 Å². The highest BCUT2D eigenvalue weighted by atomic mass is 16.7. The van der Waals surface area contributed by atoms with Crippen LogP contribution >= 0.6 is 0 Å². The van der Waals surface area contributed by atoms with Crippen LogP contribution in [0.25, 0.3) is 0 Å². The molecule has 0 aromatic heterocycles. The van der Waals surface area contributed by atoms with Crippen molar-refractivity contribution in [2.75, 3.05) is 6.61 Å². The topological polar surface area (TPSA) is 145 Å². The van der Waals surface area contributed by atoms with Crippen molar-refractivity contribution in [1.82, 2.24) is 0 Å². The van der Waals surface area contributed by atoms with Crippen LogP contribution in [0.5, 0.6) is 0 Å². The Morgan fingerprint density at radius 1 is 1.03 bits per heavy atom. The fourth-order valence-electron chi connectivity index (χ4n) is 6.11. The first kappa shape index (κ1) is 26.1. The van der Waals surface area contributed by atoms with E-state index in [1.165, 1.54) is 46.0 Å². The van der Waals surface area contributed by atoms with Gasteiger partial charge in [0.05, 0.1) is 18.7 Å². The van der Waals surface area contributed by atoms with Gasteiger partial charge < -0.3 is 14.6 Å². The van der Waals surface area contributed by atoms with Crippen LogP contribution in [0.1, 0.15) is 78.6 Å². The molecule has 2 bridgehead atoms. The second-order valence-corrected chi connectivity index (χ2v) is 10.7. The van der Waals surface area contributed by atoms with Gasteiger partial charge in [-0.1, -0.05) is 6.42 Å². The number of esters is 1. The molecule has 3 rings (SSSR count). The molecule has 0 radical (unpaired) electrons. The van der Waals surface area contributed by atoms with E-state index in [0.717, 1.165) is 23.7 Å². The van der Waals surface area contributed by atoms with Gasteiger partial charge in [0.2, 0.25) is 0 Å². The number of carbonyl (C=O) groups is 2. The first-order valence-corrected chi connectivity index (χ1v) is 12.4. The van der Waals surface area contributed by atoms with Crippen LogP contribution in [0.3, 0.4) is 0 Å². The van der Waals surface area contributed by atoms with Crippen molar-refractivity contribution < 1.29 is 24.2 Å². The molecule has 0 aromatic rings. The second kappa shape index (κ2) is 10.8. The van der Waals surface area contributed by atoms with Gasteiger partial charge in [-0.05, 0) is 88.9 Å². The molecule has 34 heavy (non-hydrogen) atoms. The molecule has 9 nitrogen and oxygen atoms in total. The average Bonchev–Trinajstić information content (AvgIpc) is 3.53. The Hall–Kier alpha value is -2.52. The summed E-state index contributed by atoms with van der Waals surface area (Å²) in [6.45, 7) is 5.32. The van der Waals surface area contributed by atoms with E-state index in [1.807, 2.05) is 12.1 Å². The summed E-state index contributed by atoms with van der Waals surface area (Å²) in [4.78, 5) is 23.1. The number of rotatable bonds is 12. The van der Waals surface area contributed by atoms with E-state index in [0.29, 0.717) is 12.5 Å². The van der Waals surface area contributed by atoms with E-state index >= 15 is 0 Å². The highest BCUT2D eigenvalue weighted by molar-refractivity contribution is 5.69. The summed E-state index contributed by atoms with van der Waals surface area (Å²) in [6.07, 6.45) is 5.78. The molecule has 0 saturated heterocycles. The van der Waals surface area contributed by atoms with Gasteiger partial charge in [0.25, 0.3) is 0 Å². The maximum absolute atomic E-state index is 12.3. The zero-order valence-electron chi connectivity index (χ0n) is 20.4. The Morgan fingerprint density at radius 2 is 1.65 bits per heavy atom. The van der Waals surface area contributed by atoms with Crippen molar-refractivity contribution in [3.8, 4) is 12.1 Å². The van der Waals surface area contributed by atoms with Crippen molar-refractivity contribution in [3.05, 3.63) is 0 Å². The Morgan fingerprint density at radius 3 is 2.26 bits per heavy atom. The molecule has 186 valence electrons. The maximum atomic E-state index is 12.3. The molecule has 0 heterocycles. The molecule has 1 N–H and O–H groups in total. The molecule has 0 amide bonds. The summed E-state index contributed by atoms with van der Waals surface area (Å²) < 4.78 is 11.3. The number of nitriles is 2. The Balaban J connectivity index is 1.41. The zero-order valence-corrected chi connectivity index (χ0v) is 20.4. The standard InChI is InChI=1S/C25H36N4O5/c1-16(33-13-18-11-17-12-21(18)20-6-4-5-19(17)20)34-23(32)8-10-25(3,15-27)29-28-24(2,14-26)9-7-22(30)31/h16-21H,4-13H2,1-3H3,(H,30,31). The molecular weight excluding hydrogens is 436 g/mol. The number of aliphatic carboxylic acids is 1. The molecule has 3 aliphatic rings. The number of carboxylic acid groups (broad SMARTS) is 1. The molecule has 0 spiro atoms. The second-order valence-electron chi connectivity index (χ2n) is 10.7. The van der Waals surface area contributed by atoms with Gasteiger partial charge in [-0.25, -0.2) is 0 Å². The van der Waals surface area contributed by atoms with Gasteiger partial charge in [-0.15, -0.1) is 0 Å². The molecule has 3 fully saturated rings. The predicted octanol–water partition coefficient (Wildman–Crippen LogP) is 4.63. The minimum atomic E-state index is -1.35. The molecule has 9 heteroatoms. The fourth-order valence-corrected chi connectivity index (χ4v) is 6.11. The number of fused-ring (bicyclic) bond motifs is 5. The van der Waals surface area contributed by atoms with Gasteiger partial charge in [0.15, 0.2) is 17.4 Å². The predicted molar refractivity (Wildman–Crippen MR) is 121 cm³/mol. The van der Waals surface area contributed by atoms with Gasteiger partial charge in [0, 0.05) is 12.8 Å². The molecule has 0 aromatic carbocycles. The summed E-state index contributed by atoms with van der Waals surface area (Å²) in [7, 11) is 0. The van der Waals surface area contributed by atoms with Crippen LogP contribution in [0, 0.1) is 52.3 Å². The van der Waals surface area contributed by atoms with E-state index in [-0.39, 0.29) is 25.7 Å². The largest absolute Gasteiger partial charge is 0.481 e. The monoisotopic (exact) mass is 472 g/mol. The third-order valence-electron chi connectivity index (χ3n) is 8.02. The first-order chi connectivity index (χ1) is 16.1. The van der Waals surface area contributed by atoms with E-state index in [1.54, 1.807) is 6.92 Å². The van der Waals surface area contributed by atoms with Crippen molar-refractivity contribution >= 4 is 11.9 Å². The SMILES string of the molecule is CC(OCC1CC2CC1C1CCCC21)OC(=O)CCC(C)(C#N)N=NC(C)(C#N)CCC(=O)O. The lowest BCUT2D eigenvalue weighted by molar-refractivity contribution is -0.178. The number of azo groups is 1. The number of carbonyl (C=O) groups excluding carboxylic acids is 1. The van der Waals surface area contributed by atoms with E-state index in [2.05, 4.69) is 10.2 Å². The van der Waals surface area contributed by atoms with Gasteiger partial charge in [-0.3, -0.25) is 9.59 Å². The minimum absolute atomic E-state index is 0.0231. The Labute approximate surface area is 201 Å². The third kappa shape index (κ3) is 6.33. The molecule has 3 saturated carbocycles. The highest BCUT2D eigenvalue weighted by Gasteiger charge is 2.53. The lowest BCUT2D eigenvalue weighted by atomic mass is 9.76. The molecular formula is C25H36N4O5. The van der Waals surface area contributed by atoms with Crippen LogP contribution in [-0.4, -0.2) is 41.0 Å². The number of carboxylic acids is 1. The zero-order chi connectivity index (χ0) is 24.9. The smallest absolute Gasteiger partial charge is 0.308 e. The summed E-state index contributed by atoms with van der Waals surface area (Å²) in [6, 6.07) is 3.96. The summed E-state index contributed by atoms with van der Waals surface area (Å²) >= 11 is 0. The number of ether oxygens (including phenoxy) is 2. The van der Waals surface area contributed by atoms with Crippen molar-refractivity contribution in [2.45, 2.75) is 95.9 Å². The summed E-state index contributed by atoms with van der Waals surface area (Å²) in [5.74, 6) is 2.46. The third-order valence-corrected chi connectivity index (χ3v) is 8.02. The normalized spacial score (nSPS) is 31.7. The van der Waals surface area contributed by atoms with Crippen LogP contribution in [0.15, 0.2) is 10.2 Å². The Bertz CT molecular complexity index is 880.